The average Bonchev–Trinajstić information content (AvgIpc) is 2.61. The lowest BCUT2D eigenvalue weighted by atomic mass is 10.00. The Balaban J connectivity index is 1.81. The normalized spacial score (nSPS) is 10.2. The second-order valence-electron chi connectivity index (χ2n) is 4.97. The SMILES string of the molecule is O=C(OCc1ccccc1)c1ccccc1-c1ccccc1. The molecule has 0 unspecified atom stereocenters. The minimum Gasteiger partial charge on any atom is -0.457 e. The standard InChI is InChI=1S/C20H16O2/c21-20(22-15-16-9-3-1-4-10-16)19-14-8-7-13-18(19)17-11-5-2-6-12-17/h1-14H,15H2. The van der Waals surface area contributed by atoms with Gasteiger partial charge in [0.05, 0.1) is 5.56 Å². The van der Waals surface area contributed by atoms with Gasteiger partial charge in [-0.05, 0) is 22.8 Å². The Kier molecular flexibility index (Phi) is 4.30. The van der Waals surface area contributed by atoms with Crippen LogP contribution in [0.1, 0.15) is 15.9 Å². The average molecular weight is 288 g/mol. The number of rotatable bonds is 4. The van der Waals surface area contributed by atoms with Crippen molar-refractivity contribution in [3.8, 4) is 11.1 Å². The Labute approximate surface area is 130 Å². The fourth-order valence-corrected chi connectivity index (χ4v) is 2.33. The fraction of sp³-hybridized carbons (Fsp3) is 0.0500. The van der Waals surface area contributed by atoms with Crippen LogP contribution in [0.3, 0.4) is 0 Å². The van der Waals surface area contributed by atoms with Crippen LogP contribution < -0.4 is 0 Å². The van der Waals surface area contributed by atoms with Crippen molar-refractivity contribution in [1.82, 2.24) is 0 Å². The molecule has 3 rings (SSSR count). The molecule has 0 radical (unpaired) electrons. The van der Waals surface area contributed by atoms with E-state index in [0.29, 0.717) is 5.56 Å². The molecule has 2 heteroatoms. The molecule has 0 N–H and O–H groups in total. The summed E-state index contributed by atoms with van der Waals surface area (Å²) in [6, 6.07) is 27.1. The highest BCUT2D eigenvalue weighted by atomic mass is 16.5. The molecule has 0 aromatic heterocycles. The minimum absolute atomic E-state index is 0.281. The summed E-state index contributed by atoms with van der Waals surface area (Å²) in [5.74, 6) is -0.302. The molecule has 2 nitrogen and oxygen atoms in total. The van der Waals surface area contributed by atoms with E-state index in [1.165, 1.54) is 0 Å². The molecular weight excluding hydrogens is 272 g/mol. The second kappa shape index (κ2) is 6.72. The quantitative estimate of drug-likeness (QED) is 0.650. The van der Waals surface area contributed by atoms with Gasteiger partial charge in [-0.2, -0.15) is 0 Å². The largest absolute Gasteiger partial charge is 0.457 e. The molecule has 108 valence electrons. The van der Waals surface area contributed by atoms with E-state index in [1.54, 1.807) is 6.07 Å². The summed E-state index contributed by atoms with van der Waals surface area (Å²) in [7, 11) is 0. The molecule has 0 fully saturated rings. The highest BCUT2D eigenvalue weighted by Crippen LogP contribution is 2.24. The van der Waals surface area contributed by atoms with Crippen molar-refractivity contribution in [3.63, 3.8) is 0 Å². The first kappa shape index (κ1) is 14.1. The van der Waals surface area contributed by atoms with Crippen molar-refractivity contribution < 1.29 is 9.53 Å². The van der Waals surface area contributed by atoms with Crippen molar-refractivity contribution in [1.29, 1.82) is 0 Å². The summed E-state index contributed by atoms with van der Waals surface area (Å²) < 4.78 is 5.44. The molecule has 0 saturated heterocycles. The zero-order valence-corrected chi connectivity index (χ0v) is 12.1. The van der Waals surface area contributed by atoms with Gasteiger partial charge >= 0.3 is 5.97 Å². The Hall–Kier alpha value is -2.87. The smallest absolute Gasteiger partial charge is 0.339 e. The molecule has 0 aliphatic rings. The molecule has 3 aromatic carbocycles. The molecule has 0 heterocycles. The van der Waals surface area contributed by atoms with Gasteiger partial charge in [-0.3, -0.25) is 0 Å². The van der Waals surface area contributed by atoms with Crippen molar-refractivity contribution in [2.75, 3.05) is 0 Å². The van der Waals surface area contributed by atoms with Crippen LogP contribution >= 0.6 is 0 Å². The Morgan fingerprint density at radius 3 is 2.05 bits per heavy atom. The van der Waals surface area contributed by atoms with Crippen molar-refractivity contribution in [3.05, 3.63) is 96.1 Å². The van der Waals surface area contributed by atoms with E-state index >= 15 is 0 Å². The maximum atomic E-state index is 12.4. The summed E-state index contributed by atoms with van der Waals surface area (Å²) in [5, 5.41) is 0. The van der Waals surface area contributed by atoms with Crippen LogP contribution in [0, 0.1) is 0 Å². The number of hydrogen-bond donors (Lipinski definition) is 0. The summed E-state index contributed by atoms with van der Waals surface area (Å²) in [6.07, 6.45) is 0. The van der Waals surface area contributed by atoms with Gasteiger partial charge in [0.25, 0.3) is 0 Å². The Bertz CT molecular complexity index is 749. The highest BCUT2D eigenvalue weighted by Gasteiger charge is 2.13. The van der Waals surface area contributed by atoms with Gasteiger partial charge in [0, 0.05) is 0 Å². The van der Waals surface area contributed by atoms with Gasteiger partial charge in [-0.25, -0.2) is 4.79 Å². The van der Waals surface area contributed by atoms with Crippen LogP contribution in [0.5, 0.6) is 0 Å². The molecule has 3 aromatic rings. The van der Waals surface area contributed by atoms with Crippen LogP contribution in [-0.4, -0.2) is 5.97 Å². The number of hydrogen-bond acceptors (Lipinski definition) is 2. The number of ether oxygens (including phenoxy) is 1. The van der Waals surface area contributed by atoms with Crippen LogP contribution in [0.25, 0.3) is 11.1 Å². The summed E-state index contributed by atoms with van der Waals surface area (Å²) >= 11 is 0. The lowest BCUT2D eigenvalue weighted by molar-refractivity contribution is 0.0473. The zero-order valence-electron chi connectivity index (χ0n) is 12.1. The molecule has 0 atom stereocenters. The minimum atomic E-state index is -0.302. The maximum Gasteiger partial charge on any atom is 0.339 e. The number of carbonyl (C=O) groups excluding carboxylic acids is 1. The first-order valence-corrected chi connectivity index (χ1v) is 7.20. The molecular formula is C20H16O2. The van der Waals surface area contributed by atoms with Gasteiger partial charge in [0.15, 0.2) is 0 Å². The van der Waals surface area contributed by atoms with Crippen molar-refractivity contribution in [2.24, 2.45) is 0 Å². The van der Waals surface area contributed by atoms with Gasteiger partial charge in [-0.15, -0.1) is 0 Å². The van der Waals surface area contributed by atoms with Crippen molar-refractivity contribution >= 4 is 5.97 Å². The fourth-order valence-electron chi connectivity index (χ4n) is 2.33. The van der Waals surface area contributed by atoms with E-state index in [4.69, 9.17) is 4.74 Å². The van der Waals surface area contributed by atoms with E-state index in [0.717, 1.165) is 16.7 Å². The number of carbonyl (C=O) groups is 1. The molecule has 0 spiro atoms. The van der Waals surface area contributed by atoms with Crippen LogP contribution in [0.15, 0.2) is 84.9 Å². The number of benzene rings is 3. The summed E-state index contributed by atoms with van der Waals surface area (Å²) in [4.78, 5) is 12.4. The van der Waals surface area contributed by atoms with E-state index in [1.807, 2.05) is 78.9 Å². The second-order valence-corrected chi connectivity index (χ2v) is 4.97. The lowest BCUT2D eigenvalue weighted by Crippen LogP contribution is -2.06. The molecule has 0 bridgehead atoms. The summed E-state index contributed by atoms with van der Waals surface area (Å²) in [6.45, 7) is 0.281. The van der Waals surface area contributed by atoms with Gasteiger partial charge in [0.2, 0.25) is 0 Å². The van der Waals surface area contributed by atoms with E-state index in [-0.39, 0.29) is 12.6 Å². The predicted octanol–water partition coefficient (Wildman–Crippen LogP) is 4.71. The third-order valence-corrected chi connectivity index (χ3v) is 3.44. The van der Waals surface area contributed by atoms with Crippen LogP contribution in [0.2, 0.25) is 0 Å². The van der Waals surface area contributed by atoms with Gasteiger partial charge in [-0.1, -0.05) is 78.9 Å². The third-order valence-electron chi connectivity index (χ3n) is 3.44. The molecule has 0 aliphatic heterocycles. The Morgan fingerprint density at radius 1 is 0.727 bits per heavy atom. The highest BCUT2D eigenvalue weighted by molar-refractivity contribution is 5.97. The van der Waals surface area contributed by atoms with Crippen molar-refractivity contribution in [2.45, 2.75) is 6.61 Å². The van der Waals surface area contributed by atoms with Gasteiger partial charge < -0.3 is 4.74 Å². The van der Waals surface area contributed by atoms with E-state index in [2.05, 4.69) is 0 Å². The van der Waals surface area contributed by atoms with E-state index < -0.39 is 0 Å². The predicted molar refractivity (Wildman–Crippen MR) is 87.4 cm³/mol. The van der Waals surface area contributed by atoms with Gasteiger partial charge in [0.1, 0.15) is 6.61 Å². The van der Waals surface area contributed by atoms with Crippen LogP contribution in [0.4, 0.5) is 0 Å². The zero-order chi connectivity index (χ0) is 15.2. The molecule has 0 aliphatic carbocycles. The first-order chi connectivity index (χ1) is 10.8. The topological polar surface area (TPSA) is 26.3 Å². The lowest BCUT2D eigenvalue weighted by Gasteiger charge is -2.10. The van der Waals surface area contributed by atoms with E-state index in [9.17, 15) is 4.79 Å². The number of esters is 1. The monoisotopic (exact) mass is 288 g/mol. The molecule has 0 saturated carbocycles. The molecule has 0 amide bonds. The van der Waals surface area contributed by atoms with Crippen LogP contribution in [-0.2, 0) is 11.3 Å². The Morgan fingerprint density at radius 2 is 1.32 bits per heavy atom. The molecule has 22 heavy (non-hydrogen) atoms. The first-order valence-electron chi connectivity index (χ1n) is 7.20. The third kappa shape index (κ3) is 3.23. The summed E-state index contributed by atoms with van der Waals surface area (Å²) in [5.41, 5.74) is 3.47. The maximum absolute atomic E-state index is 12.4.